The van der Waals surface area contributed by atoms with Gasteiger partial charge >= 0.3 is 0 Å². The van der Waals surface area contributed by atoms with Gasteiger partial charge in [0.15, 0.2) is 5.82 Å². The Morgan fingerprint density at radius 3 is 2.27 bits per heavy atom. The number of rotatable bonds is 3. The van der Waals surface area contributed by atoms with Crippen LogP contribution in [0.1, 0.15) is 5.56 Å². The first-order chi connectivity index (χ1) is 10.5. The number of halogens is 1. The Labute approximate surface area is 126 Å². The molecule has 0 amide bonds. The Morgan fingerprint density at radius 1 is 1.00 bits per heavy atom. The van der Waals surface area contributed by atoms with Crippen LogP contribution in [0.5, 0.6) is 0 Å². The first-order valence-corrected chi connectivity index (χ1v) is 7.79. The lowest BCUT2D eigenvalue weighted by Crippen LogP contribution is -2.16. The van der Waals surface area contributed by atoms with Gasteiger partial charge in [0, 0.05) is 5.56 Å². The monoisotopic (exact) mass is 318 g/mol. The second-order valence-corrected chi connectivity index (χ2v) is 6.44. The van der Waals surface area contributed by atoms with Gasteiger partial charge in [-0.25, -0.2) is 4.39 Å². The number of nitrogens with zero attached hydrogens (tertiary/aromatic N) is 4. The molecule has 3 rings (SSSR count). The third-order valence-corrected chi connectivity index (χ3v) is 4.66. The van der Waals surface area contributed by atoms with Crippen LogP contribution < -0.4 is 0 Å². The predicted octanol–water partition coefficient (Wildman–Crippen LogP) is 2.02. The fourth-order valence-electron chi connectivity index (χ4n) is 1.92. The molecule has 0 aliphatic carbocycles. The van der Waals surface area contributed by atoms with E-state index in [2.05, 4.69) is 15.5 Å². The Balaban J connectivity index is 2.11. The number of benzene rings is 2. The third kappa shape index (κ3) is 2.48. The molecule has 0 N–H and O–H groups in total. The normalized spacial score (nSPS) is 11.5. The van der Waals surface area contributed by atoms with Gasteiger partial charge in [-0.05, 0) is 41.6 Å². The number of aromatic nitrogens is 4. The predicted molar refractivity (Wildman–Crippen MR) is 77.0 cm³/mol. The van der Waals surface area contributed by atoms with Crippen molar-refractivity contribution in [2.45, 2.75) is 11.8 Å². The smallest absolute Gasteiger partial charge is 0.207 e. The maximum absolute atomic E-state index is 13.0. The minimum absolute atomic E-state index is 0.0884. The quantitative estimate of drug-likeness (QED) is 0.738. The van der Waals surface area contributed by atoms with Crippen LogP contribution in [0.3, 0.4) is 0 Å². The Hall–Kier alpha value is -2.61. The van der Waals surface area contributed by atoms with E-state index in [9.17, 15) is 12.8 Å². The van der Waals surface area contributed by atoms with Gasteiger partial charge in [0.1, 0.15) is 5.82 Å². The van der Waals surface area contributed by atoms with E-state index >= 15 is 0 Å². The first-order valence-electron chi connectivity index (χ1n) is 6.35. The van der Waals surface area contributed by atoms with Crippen molar-refractivity contribution in [1.29, 1.82) is 0 Å². The highest BCUT2D eigenvalue weighted by Gasteiger charge is 2.23. The summed E-state index contributed by atoms with van der Waals surface area (Å²) in [6.07, 6.45) is 0. The zero-order chi connectivity index (χ0) is 15.7. The molecule has 3 aromatic rings. The molecule has 0 aliphatic heterocycles. The summed E-state index contributed by atoms with van der Waals surface area (Å²) in [5.74, 6) is -0.418. The summed E-state index contributed by atoms with van der Waals surface area (Å²) in [6, 6.07) is 11.6. The van der Waals surface area contributed by atoms with Gasteiger partial charge in [0.2, 0.25) is 0 Å². The first kappa shape index (κ1) is 14.3. The fraction of sp³-hybridized carbons (Fsp3) is 0.0714. The molecule has 0 bridgehead atoms. The molecule has 0 radical (unpaired) electrons. The number of tetrazole rings is 1. The molecule has 0 spiro atoms. The summed E-state index contributed by atoms with van der Waals surface area (Å²) >= 11 is 0. The van der Waals surface area contributed by atoms with Crippen LogP contribution in [0.15, 0.2) is 53.4 Å². The molecule has 6 nitrogen and oxygen atoms in total. The zero-order valence-electron chi connectivity index (χ0n) is 11.5. The molecular weight excluding hydrogens is 307 g/mol. The molecule has 0 fully saturated rings. The van der Waals surface area contributed by atoms with Gasteiger partial charge in [0.25, 0.3) is 10.0 Å². The van der Waals surface area contributed by atoms with Gasteiger partial charge in [-0.15, -0.1) is 9.19 Å². The zero-order valence-corrected chi connectivity index (χ0v) is 12.3. The standard InChI is InChI=1S/C14H11FN4O2S/c1-10-2-4-11(5-3-10)14-16-17-18-19(14)22(20,21)13-8-6-12(15)7-9-13/h2-9H,1H3. The second kappa shape index (κ2) is 5.30. The van der Waals surface area contributed by atoms with Crippen molar-refractivity contribution in [3.8, 4) is 11.4 Å². The van der Waals surface area contributed by atoms with Crippen LogP contribution in [-0.4, -0.2) is 28.0 Å². The molecule has 112 valence electrons. The molecule has 0 atom stereocenters. The maximum atomic E-state index is 13.0. The fourth-order valence-corrected chi connectivity index (χ4v) is 3.10. The van der Waals surface area contributed by atoms with Crippen LogP contribution in [0.2, 0.25) is 0 Å². The van der Waals surface area contributed by atoms with Crippen LogP contribution >= 0.6 is 0 Å². The number of hydrogen-bond donors (Lipinski definition) is 0. The Bertz CT molecular complexity index is 903. The van der Waals surface area contributed by atoms with Crippen molar-refractivity contribution in [1.82, 2.24) is 19.6 Å². The van der Waals surface area contributed by atoms with Gasteiger partial charge < -0.3 is 0 Å². The summed E-state index contributed by atoms with van der Waals surface area (Å²) in [4.78, 5) is -0.0884. The molecule has 0 aliphatic rings. The second-order valence-electron chi connectivity index (χ2n) is 4.67. The summed E-state index contributed by atoms with van der Waals surface area (Å²) in [6.45, 7) is 1.92. The maximum Gasteiger partial charge on any atom is 0.286 e. The average molecular weight is 318 g/mol. The van der Waals surface area contributed by atoms with E-state index in [0.717, 1.165) is 21.8 Å². The average Bonchev–Trinajstić information content (AvgIpc) is 2.99. The van der Waals surface area contributed by atoms with Crippen molar-refractivity contribution in [2.75, 3.05) is 0 Å². The van der Waals surface area contributed by atoms with Crippen molar-refractivity contribution >= 4 is 10.0 Å². The van der Waals surface area contributed by atoms with Crippen LogP contribution in [0.4, 0.5) is 4.39 Å². The van der Waals surface area contributed by atoms with Crippen LogP contribution in [0, 0.1) is 12.7 Å². The van der Waals surface area contributed by atoms with Gasteiger partial charge in [-0.3, -0.25) is 0 Å². The van der Waals surface area contributed by atoms with E-state index in [1.165, 1.54) is 12.1 Å². The Kier molecular flexibility index (Phi) is 3.45. The van der Waals surface area contributed by atoms with E-state index in [0.29, 0.717) is 5.56 Å². The van der Waals surface area contributed by atoms with Crippen molar-refractivity contribution < 1.29 is 12.8 Å². The highest BCUT2D eigenvalue weighted by atomic mass is 32.2. The van der Waals surface area contributed by atoms with E-state index in [1.54, 1.807) is 12.1 Å². The van der Waals surface area contributed by atoms with Gasteiger partial charge in [-0.2, -0.15) is 8.42 Å². The minimum atomic E-state index is -3.99. The molecule has 0 saturated carbocycles. The summed E-state index contributed by atoms with van der Waals surface area (Å²) in [5, 5.41) is 10.8. The molecule has 2 aromatic carbocycles. The van der Waals surface area contributed by atoms with Crippen molar-refractivity contribution in [2.24, 2.45) is 0 Å². The highest BCUT2D eigenvalue weighted by Crippen LogP contribution is 2.21. The lowest BCUT2D eigenvalue weighted by molar-refractivity contribution is 0.577. The minimum Gasteiger partial charge on any atom is -0.207 e. The van der Waals surface area contributed by atoms with Crippen LogP contribution in [0.25, 0.3) is 11.4 Å². The SMILES string of the molecule is Cc1ccc(-c2nnnn2S(=O)(=O)c2ccc(F)cc2)cc1. The van der Waals surface area contributed by atoms with E-state index < -0.39 is 15.8 Å². The topological polar surface area (TPSA) is 77.7 Å². The largest absolute Gasteiger partial charge is 0.286 e. The third-order valence-electron chi connectivity index (χ3n) is 3.09. The van der Waals surface area contributed by atoms with Crippen LogP contribution in [-0.2, 0) is 10.0 Å². The lowest BCUT2D eigenvalue weighted by Gasteiger charge is -2.06. The van der Waals surface area contributed by atoms with E-state index in [4.69, 9.17) is 0 Å². The molecule has 1 heterocycles. The van der Waals surface area contributed by atoms with Crippen molar-refractivity contribution in [3.05, 3.63) is 59.9 Å². The summed E-state index contributed by atoms with van der Waals surface area (Å²) in [7, 11) is -3.99. The molecular formula is C14H11FN4O2S. The lowest BCUT2D eigenvalue weighted by atomic mass is 10.1. The highest BCUT2D eigenvalue weighted by molar-refractivity contribution is 7.90. The molecule has 8 heteroatoms. The number of hydrogen-bond acceptors (Lipinski definition) is 5. The number of aryl methyl sites for hydroxylation is 1. The van der Waals surface area contributed by atoms with E-state index in [-0.39, 0.29) is 10.7 Å². The summed E-state index contributed by atoms with van der Waals surface area (Å²) in [5.41, 5.74) is 1.60. The Morgan fingerprint density at radius 2 is 1.64 bits per heavy atom. The van der Waals surface area contributed by atoms with Gasteiger partial charge in [-0.1, -0.05) is 29.8 Å². The van der Waals surface area contributed by atoms with Crippen molar-refractivity contribution in [3.63, 3.8) is 0 Å². The molecule has 22 heavy (non-hydrogen) atoms. The van der Waals surface area contributed by atoms with E-state index in [1.807, 2.05) is 19.1 Å². The molecule has 0 unspecified atom stereocenters. The molecule has 1 aromatic heterocycles. The molecule has 0 saturated heterocycles. The van der Waals surface area contributed by atoms with Gasteiger partial charge in [0.05, 0.1) is 4.90 Å². The summed E-state index contributed by atoms with van der Waals surface area (Å²) < 4.78 is 38.8.